The molecule has 1 heterocycles. The first kappa shape index (κ1) is 8.52. The number of anilines is 1. The van der Waals surface area contributed by atoms with Gasteiger partial charge in [0.25, 0.3) is 0 Å². The highest BCUT2D eigenvalue weighted by Gasteiger charge is 1.96. The third-order valence-corrected chi connectivity index (χ3v) is 1.37. The van der Waals surface area contributed by atoms with Crippen LogP contribution in [-0.2, 0) is 4.79 Å². The third-order valence-electron chi connectivity index (χ3n) is 1.37. The molecule has 0 aliphatic rings. The van der Waals surface area contributed by atoms with Gasteiger partial charge in [0.05, 0.1) is 0 Å². The predicted octanol–water partition coefficient (Wildman–Crippen LogP) is 0.853. The SMILES string of the molecule is CC(=O)NNc1ncccc1C. The minimum Gasteiger partial charge on any atom is -0.282 e. The molecule has 1 rings (SSSR count). The number of hydrazine groups is 1. The van der Waals surface area contributed by atoms with E-state index in [2.05, 4.69) is 15.8 Å². The zero-order valence-electron chi connectivity index (χ0n) is 7.09. The van der Waals surface area contributed by atoms with E-state index in [1.54, 1.807) is 6.20 Å². The molecular weight excluding hydrogens is 154 g/mol. The lowest BCUT2D eigenvalue weighted by molar-refractivity contribution is -0.118. The van der Waals surface area contributed by atoms with E-state index < -0.39 is 0 Å². The zero-order chi connectivity index (χ0) is 8.97. The normalized spacial score (nSPS) is 9.17. The Labute approximate surface area is 71.0 Å². The number of aromatic nitrogens is 1. The smallest absolute Gasteiger partial charge is 0.235 e. The van der Waals surface area contributed by atoms with Crippen LogP contribution in [0.2, 0.25) is 0 Å². The lowest BCUT2D eigenvalue weighted by Crippen LogP contribution is -2.27. The summed E-state index contributed by atoms with van der Waals surface area (Å²) in [4.78, 5) is 14.6. The molecule has 0 saturated carbocycles. The molecule has 4 nitrogen and oxygen atoms in total. The molecule has 0 fully saturated rings. The van der Waals surface area contributed by atoms with Gasteiger partial charge in [-0.25, -0.2) is 4.98 Å². The maximum absolute atomic E-state index is 10.5. The van der Waals surface area contributed by atoms with Gasteiger partial charge in [-0.05, 0) is 18.6 Å². The van der Waals surface area contributed by atoms with Crippen molar-refractivity contribution >= 4 is 11.7 Å². The van der Waals surface area contributed by atoms with Crippen LogP contribution in [0.3, 0.4) is 0 Å². The Balaban J connectivity index is 2.63. The lowest BCUT2D eigenvalue weighted by Gasteiger charge is -2.06. The quantitative estimate of drug-likeness (QED) is 0.639. The fourth-order valence-corrected chi connectivity index (χ4v) is 0.764. The number of carbonyl (C=O) groups excluding carboxylic acids is 1. The molecule has 0 bridgehead atoms. The van der Waals surface area contributed by atoms with Gasteiger partial charge in [-0.1, -0.05) is 6.07 Å². The predicted molar refractivity (Wildman–Crippen MR) is 46.4 cm³/mol. The minimum absolute atomic E-state index is 0.139. The van der Waals surface area contributed by atoms with Crippen LogP contribution < -0.4 is 10.9 Å². The largest absolute Gasteiger partial charge is 0.282 e. The Kier molecular flexibility index (Phi) is 2.63. The summed E-state index contributed by atoms with van der Waals surface area (Å²) in [6, 6.07) is 3.76. The van der Waals surface area contributed by atoms with Crippen LogP contribution >= 0.6 is 0 Å². The fraction of sp³-hybridized carbons (Fsp3) is 0.250. The molecule has 0 aliphatic heterocycles. The molecule has 0 aromatic carbocycles. The second-order valence-electron chi connectivity index (χ2n) is 2.48. The Morgan fingerprint density at radius 1 is 1.58 bits per heavy atom. The molecule has 2 N–H and O–H groups in total. The minimum atomic E-state index is -0.139. The van der Waals surface area contributed by atoms with Crippen LogP contribution in [0.5, 0.6) is 0 Å². The number of aryl methyl sites for hydroxylation is 1. The molecule has 1 aromatic rings. The van der Waals surface area contributed by atoms with Crippen molar-refractivity contribution in [3.63, 3.8) is 0 Å². The van der Waals surface area contributed by atoms with Gasteiger partial charge < -0.3 is 0 Å². The number of rotatable bonds is 2. The monoisotopic (exact) mass is 165 g/mol. The first-order chi connectivity index (χ1) is 5.70. The van der Waals surface area contributed by atoms with Gasteiger partial charge in [-0.2, -0.15) is 0 Å². The molecule has 0 aliphatic carbocycles. The van der Waals surface area contributed by atoms with Crippen LogP contribution in [0.1, 0.15) is 12.5 Å². The molecule has 0 unspecified atom stereocenters. The molecular formula is C8H11N3O. The molecule has 64 valence electrons. The molecule has 1 aromatic heterocycles. The maximum Gasteiger partial charge on any atom is 0.235 e. The molecule has 4 heteroatoms. The summed E-state index contributed by atoms with van der Waals surface area (Å²) in [5, 5.41) is 0. The zero-order valence-corrected chi connectivity index (χ0v) is 7.09. The molecule has 12 heavy (non-hydrogen) atoms. The van der Waals surface area contributed by atoms with Crippen molar-refractivity contribution in [1.29, 1.82) is 0 Å². The standard InChI is InChI=1S/C8H11N3O/c1-6-4-3-5-9-8(6)11-10-7(2)12/h3-5H,1-2H3,(H,9,11)(H,10,12). The van der Waals surface area contributed by atoms with E-state index >= 15 is 0 Å². The van der Waals surface area contributed by atoms with Gasteiger partial charge in [0.2, 0.25) is 5.91 Å². The highest BCUT2D eigenvalue weighted by Crippen LogP contribution is 2.06. The van der Waals surface area contributed by atoms with Gasteiger partial charge in [-0.15, -0.1) is 0 Å². The van der Waals surface area contributed by atoms with Crippen molar-refractivity contribution in [2.45, 2.75) is 13.8 Å². The second kappa shape index (κ2) is 3.71. The Morgan fingerprint density at radius 2 is 2.33 bits per heavy atom. The van der Waals surface area contributed by atoms with Crippen LogP contribution in [-0.4, -0.2) is 10.9 Å². The average molecular weight is 165 g/mol. The third kappa shape index (κ3) is 2.23. The maximum atomic E-state index is 10.5. The average Bonchev–Trinajstić information content (AvgIpc) is 2.03. The van der Waals surface area contributed by atoms with E-state index in [0.29, 0.717) is 5.82 Å². The molecule has 1 amide bonds. The number of amides is 1. The fourth-order valence-electron chi connectivity index (χ4n) is 0.764. The van der Waals surface area contributed by atoms with Crippen LogP contribution in [0.15, 0.2) is 18.3 Å². The topological polar surface area (TPSA) is 54.0 Å². The number of hydrogen-bond donors (Lipinski definition) is 2. The van der Waals surface area contributed by atoms with E-state index in [1.807, 2.05) is 19.1 Å². The van der Waals surface area contributed by atoms with E-state index in [1.165, 1.54) is 6.92 Å². The Hall–Kier alpha value is -1.58. The van der Waals surface area contributed by atoms with E-state index in [4.69, 9.17) is 0 Å². The van der Waals surface area contributed by atoms with E-state index in [0.717, 1.165) is 5.56 Å². The van der Waals surface area contributed by atoms with Gasteiger partial charge >= 0.3 is 0 Å². The van der Waals surface area contributed by atoms with Crippen molar-refractivity contribution < 1.29 is 4.79 Å². The summed E-state index contributed by atoms with van der Waals surface area (Å²) in [6.07, 6.45) is 1.66. The van der Waals surface area contributed by atoms with Gasteiger partial charge in [0.15, 0.2) is 0 Å². The Bertz CT molecular complexity index is 285. The van der Waals surface area contributed by atoms with Crippen molar-refractivity contribution in [2.24, 2.45) is 0 Å². The van der Waals surface area contributed by atoms with Crippen molar-refractivity contribution in [3.8, 4) is 0 Å². The van der Waals surface area contributed by atoms with Crippen LogP contribution in [0, 0.1) is 6.92 Å². The first-order valence-corrected chi connectivity index (χ1v) is 3.64. The van der Waals surface area contributed by atoms with Crippen LogP contribution in [0.4, 0.5) is 5.82 Å². The second-order valence-corrected chi connectivity index (χ2v) is 2.48. The van der Waals surface area contributed by atoms with Crippen molar-refractivity contribution in [2.75, 3.05) is 5.43 Å². The molecule has 0 atom stereocenters. The van der Waals surface area contributed by atoms with Gasteiger partial charge in [0, 0.05) is 13.1 Å². The van der Waals surface area contributed by atoms with Gasteiger partial charge in [-0.3, -0.25) is 15.6 Å². The molecule has 0 radical (unpaired) electrons. The summed E-state index contributed by atoms with van der Waals surface area (Å²) < 4.78 is 0. The highest BCUT2D eigenvalue weighted by molar-refractivity contribution is 5.74. The number of pyridine rings is 1. The highest BCUT2D eigenvalue weighted by atomic mass is 16.2. The Morgan fingerprint density at radius 3 is 2.92 bits per heavy atom. The van der Waals surface area contributed by atoms with E-state index in [9.17, 15) is 4.79 Å². The number of carbonyl (C=O) groups is 1. The number of nitrogens with zero attached hydrogens (tertiary/aromatic N) is 1. The lowest BCUT2D eigenvalue weighted by atomic mass is 10.3. The van der Waals surface area contributed by atoms with Crippen LogP contribution in [0.25, 0.3) is 0 Å². The summed E-state index contributed by atoms with van der Waals surface area (Å²) in [6.45, 7) is 3.35. The molecule has 0 spiro atoms. The summed E-state index contributed by atoms with van der Waals surface area (Å²) in [5.74, 6) is 0.535. The summed E-state index contributed by atoms with van der Waals surface area (Å²) >= 11 is 0. The van der Waals surface area contributed by atoms with E-state index in [-0.39, 0.29) is 5.91 Å². The molecule has 0 saturated heterocycles. The number of nitrogens with one attached hydrogen (secondary N) is 2. The number of hydrogen-bond acceptors (Lipinski definition) is 3. The van der Waals surface area contributed by atoms with Gasteiger partial charge in [0.1, 0.15) is 5.82 Å². The summed E-state index contributed by atoms with van der Waals surface area (Å²) in [7, 11) is 0. The van der Waals surface area contributed by atoms with Crippen molar-refractivity contribution in [3.05, 3.63) is 23.9 Å². The first-order valence-electron chi connectivity index (χ1n) is 3.64. The van der Waals surface area contributed by atoms with Crippen molar-refractivity contribution in [1.82, 2.24) is 10.4 Å². The summed E-state index contributed by atoms with van der Waals surface area (Å²) in [5.41, 5.74) is 6.14.